The van der Waals surface area contributed by atoms with Crippen LogP contribution >= 0.6 is 0 Å². The van der Waals surface area contributed by atoms with E-state index >= 15 is 0 Å². The van der Waals surface area contributed by atoms with Gasteiger partial charge in [-0.15, -0.1) is 0 Å². The third-order valence-corrected chi connectivity index (χ3v) is 3.38. The van der Waals surface area contributed by atoms with Gasteiger partial charge in [0.2, 0.25) is 0 Å². The number of H-pyrrole nitrogens is 1. The normalized spacial score (nSPS) is 16.6. The molecule has 0 unspecified atom stereocenters. The van der Waals surface area contributed by atoms with Gasteiger partial charge in [0.05, 0.1) is 0 Å². The van der Waals surface area contributed by atoms with Crippen LogP contribution in [0.3, 0.4) is 0 Å². The second-order valence-corrected chi connectivity index (χ2v) is 4.45. The summed E-state index contributed by atoms with van der Waals surface area (Å²) in [5.41, 5.74) is 2.19. The topological polar surface area (TPSA) is 19.0 Å². The van der Waals surface area contributed by atoms with Crippen LogP contribution in [0.2, 0.25) is 0 Å². The molecule has 1 aliphatic rings. The van der Waals surface area contributed by atoms with Gasteiger partial charge in [-0.3, -0.25) is 0 Å². The molecule has 0 radical (unpaired) electrons. The van der Waals surface area contributed by atoms with Crippen LogP contribution in [0.5, 0.6) is 0 Å². The van der Waals surface area contributed by atoms with Crippen molar-refractivity contribution in [1.82, 2.24) is 9.88 Å². The van der Waals surface area contributed by atoms with E-state index in [1.54, 1.807) is 6.07 Å². The Kier molecular flexibility index (Phi) is 2.40. The Labute approximate surface area is 94.1 Å². The van der Waals surface area contributed by atoms with Crippen LogP contribution in [0.4, 0.5) is 4.39 Å². The van der Waals surface area contributed by atoms with Crippen molar-refractivity contribution >= 4 is 10.9 Å². The number of likely N-dealkylation sites (tertiary alicyclic amines) is 1. The molecule has 2 heterocycles. The van der Waals surface area contributed by atoms with Crippen LogP contribution in [-0.2, 0) is 6.42 Å². The highest BCUT2D eigenvalue weighted by Gasteiger charge is 2.13. The maximum absolute atomic E-state index is 13.0. The van der Waals surface area contributed by atoms with Gasteiger partial charge >= 0.3 is 0 Å². The van der Waals surface area contributed by atoms with E-state index in [2.05, 4.69) is 9.88 Å². The monoisotopic (exact) mass is 218 g/mol. The van der Waals surface area contributed by atoms with E-state index < -0.39 is 0 Å². The molecule has 3 rings (SSSR count). The molecule has 2 nitrogen and oxygen atoms in total. The van der Waals surface area contributed by atoms with E-state index in [1.165, 1.54) is 31.1 Å². The van der Waals surface area contributed by atoms with Gasteiger partial charge in [-0.05, 0) is 49.7 Å². The zero-order valence-electron chi connectivity index (χ0n) is 9.17. The van der Waals surface area contributed by atoms with Crippen molar-refractivity contribution in [2.45, 2.75) is 12.8 Å². The van der Waals surface area contributed by atoms with E-state index in [0.717, 1.165) is 23.9 Å². The van der Waals surface area contributed by atoms with Gasteiger partial charge in [0.15, 0.2) is 0 Å². The Morgan fingerprint density at radius 3 is 2.94 bits per heavy atom. The maximum Gasteiger partial charge on any atom is 0.125 e. The second-order valence-electron chi connectivity index (χ2n) is 4.45. The van der Waals surface area contributed by atoms with Gasteiger partial charge in [0.1, 0.15) is 5.82 Å². The largest absolute Gasteiger partial charge is 0.361 e. The summed E-state index contributed by atoms with van der Waals surface area (Å²) >= 11 is 0. The molecular formula is C13H15FN2. The molecule has 0 aliphatic carbocycles. The fourth-order valence-electron chi connectivity index (χ4n) is 2.25. The van der Waals surface area contributed by atoms with Crippen LogP contribution in [0, 0.1) is 5.82 Å². The summed E-state index contributed by atoms with van der Waals surface area (Å²) in [6.07, 6.45) is 4.38. The van der Waals surface area contributed by atoms with Crippen LogP contribution in [0.25, 0.3) is 10.9 Å². The number of nitrogens with zero attached hydrogens (tertiary/aromatic N) is 1. The average Bonchev–Trinajstić information content (AvgIpc) is 2.58. The first-order valence-corrected chi connectivity index (χ1v) is 5.81. The van der Waals surface area contributed by atoms with E-state index in [4.69, 9.17) is 0 Å². The SMILES string of the molecule is Fc1ccc2c(CCN3CCC3)c[nH]c2c1. The fourth-order valence-corrected chi connectivity index (χ4v) is 2.25. The highest BCUT2D eigenvalue weighted by atomic mass is 19.1. The molecule has 2 aromatic rings. The van der Waals surface area contributed by atoms with Crippen LogP contribution in [0.15, 0.2) is 24.4 Å². The quantitative estimate of drug-likeness (QED) is 0.838. The van der Waals surface area contributed by atoms with Crippen LogP contribution in [0.1, 0.15) is 12.0 Å². The third-order valence-electron chi connectivity index (χ3n) is 3.38. The molecule has 0 saturated carbocycles. The van der Waals surface area contributed by atoms with Gasteiger partial charge in [0.25, 0.3) is 0 Å². The van der Waals surface area contributed by atoms with Crippen molar-refractivity contribution in [3.63, 3.8) is 0 Å². The van der Waals surface area contributed by atoms with E-state index in [9.17, 15) is 4.39 Å². The Bertz CT molecular complexity index is 500. The molecule has 0 bridgehead atoms. The van der Waals surface area contributed by atoms with Gasteiger partial charge in [-0.25, -0.2) is 4.39 Å². The fraction of sp³-hybridized carbons (Fsp3) is 0.385. The number of nitrogens with one attached hydrogen (secondary N) is 1. The summed E-state index contributed by atoms with van der Waals surface area (Å²) in [7, 11) is 0. The Hall–Kier alpha value is -1.35. The minimum atomic E-state index is -0.177. The van der Waals surface area contributed by atoms with Gasteiger partial charge < -0.3 is 9.88 Å². The minimum Gasteiger partial charge on any atom is -0.361 e. The number of hydrogen-bond donors (Lipinski definition) is 1. The van der Waals surface area contributed by atoms with Crippen molar-refractivity contribution < 1.29 is 4.39 Å². The zero-order valence-corrected chi connectivity index (χ0v) is 9.17. The summed E-state index contributed by atoms with van der Waals surface area (Å²) in [6, 6.07) is 4.96. The molecule has 1 saturated heterocycles. The molecule has 1 N–H and O–H groups in total. The molecule has 16 heavy (non-hydrogen) atoms. The Morgan fingerprint density at radius 2 is 2.19 bits per heavy atom. The van der Waals surface area contributed by atoms with Gasteiger partial charge in [-0.2, -0.15) is 0 Å². The molecule has 84 valence electrons. The maximum atomic E-state index is 13.0. The first-order chi connectivity index (χ1) is 7.83. The predicted octanol–water partition coefficient (Wildman–Crippen LogP) is 2.56. The Balaban J connectivity index is 1.80. The first-order valence-electron chi connectivity index (χ1n) is 5.81. The second kappa shape index (κ2) is 3.91. The molecule has 0 amide bonds. The zero-order chi connectivity index (χ0) is 11.0. The number of aromatic nitrogens is 1. The standard InChI is InChI=1S/C13H15FN2/c14-11-2-3-12-10(9-15-13(12)8-11)4-7-16-5-1-6-16/h2-3,8-9,15H,1,4-7H2. The number of halogens is 1. The number of hydrogen-bond acceptors (Lipinski definition) is 1. The molecule has 1 aromatic heterocycles. The van der Waals surface area contributed by atoms with Crippen LogP contribution < -0.4 is 0 Å². The summed E-state index contributed by atoms with van der Waals surface area (Å²) < 4.78 is 13.0. The molecule has 0 spiro atoms. The molecular weight excluding hydrogens is 203 g/mol. The number of benzene rings is 1. The number of aromatic amines is 1. The van der Waals surface area contributed by atoms with Crippen molar-refractivity contribution in [3.05, 3.63) is 35.8 Å². The molecule has 1 fully saturated rings. The lowest BCUT2D eigenvalue weighted by atomic mass is 10.1. The Morgan fingerprint density at radius 1 is 1.31 bits per heavy atom. The highest BCUT2D eigenvalue weighted by Crippen LogP contribution is 2.20. The van der Waals surface area contributed by atoms with Crippen molar-refractivity contribution in [2.24, 2.45) is 0 Å². The summed E-state index contributed by atoms with van der Waals surface area (Å²) in [6.45, 7) is 3.58. The van der Waals surface area contributed by atoms with Crippen LogP contribution in [-0.4, -0.2) is 29.5 Å². The lowest BCUT2D eigenvalue weighted by Gasteiger charge is -2.30. The lowest BCUT2D eigenvalue weighted by Crippen LogP contribution is -2.38. The number of fused-ring (bicyclic) bond motifs is 1. The molecule has 3 heteroatoms. The third kappa shape index (κ3) is 1.71. The predicted molar refractivity (Wildman–Crippen MR) is 63.0 cm³/mol. The average molecular weight is 218 g/mol. The van der Waals surface area contributed by atoms with Gasteiger partial charge in [-0.1, -0.05) is 0 Å². The van der Waals surface area contributed by atoms with E-state index in [-0.39, 0.29) is 5.82 Å². The van der Waals surface area contributed by atoms with Crippen molar-refractivity contribution in [2.75, 3.05) is 19.6 Å². The summed E-state index contributed by atoms with van der Waals surface area (Å²) in [4.78, 5) is 5.58. The summed E-state index contributed by atoms with van der Waals surface area (Å²) in [5.74, 6) is -0.177. The van der Waals surface area contributed by atoms with Crippen molar-refractivity contribution in [3.8, 4) is 0 Å². The lowest BCUT2D eigenvalue weighted by molar-refractivity contribution is 0.184. The smallest absolute Gasteiger partial charge is 0.125 e. The summed E-state index contributed by atoms with van der Waals surface area (Å²) in [5, 5.41) is 1.15. The highest BCUT2D eigenvalue weighted by molar-refractivity contribution is 5.83. The molecule has 0 atom stereocenters. The molecule has 1 aromatic carbocycles. The molecule has 1 aliphatic heterocycles. The van der Waals surface area contributed by atoms with Crippen molar-refractivity contribution in [1.29, 1.82) is 0 Å². The first kappa shape index (κ1) is 9.85. The van der Waals surface area contributed by atoms with E-state index in [1.807, 2.05) is 12.3 Å². The van der Waals surface area contributed by atoms with Gasteiger partial charge in [0, 0.05) is 23.6 Å². The number of rotatable bonds is 3. The minimum absolute atomic E-state index is 0.177. The van der Waals surface area contributed by atoms with E-state index in [0.29, 0.717) is 0 Å².